The van der Waals surface area contributed by atoms with Gasteiger partial charge in [-0.3, -0.25) is 4.99 Å². The minimum Gasteiger partial charge on any atom is -0.376 e. The number of ether oxygens (including phenoxy) is 1. The van der Waals surface area contributed by atoms with E-state index in [-0.39, 0.29) is 17.8 Å². The molecule has 0 spiro atoms. The molecule has 4 nitrogen and oxygen atoms in total. The Labute approximate surface area is 166 Å². The van der Waals surface area contributed by atoms with E-state index in [0.717, 1.165) is 44.1 Å². The Morgan fingerprint density at radius 2 is 1.96 bits per heavy atom. The van der Waals surface area contributed by atoms with Gasteiger partial charge in [-0.15, -0.1) is 0 Å². The Kier molecular flexibility index (Phi) is 5.91. The predicted octanol–water partition coefficient (Wildman–Crippen LogP) is 3.80. The molecule has 5 heteroatoms. The number of likely N-dealkylation sites (tertiary alicyclic amines) is 1. The molecule has 1 saturated carbocycles. The van der Waals surface area contributed by atoms with Crippen molar-refractivity contribution in [2.45, 2.75) is 31.4 Å². The maximum Gasteiger partial charge on any atom is 0.193 e. The zero-order valence-corrected chi connectivity index (χ0v) is 16.4. The van der Waals surface area contributed by atoms with E-state index in [1.807, 2.05) is 37.4 Å². The molecule has 0 amide bonds. The standard InChI is InChI=1S/C23H28FN3O/c1-25-23(26-22-13-20(22)19-9-5-6-10-21(19)24)27-12-11-18(14-27)16-28-15-17-7-3-2-4-8-17/h2-10,18,20,22H,11-16H2,1H3,(H,25,26). The van der Waals surface area contributed by atoms with Gasteiger partial charge < -0.3 is 15.0 Å². The molecular formula is C23H28FN3O. The molecule has 1 N–H and O–H groups in total. The van der Waals surface area contributed by atoms with Gasteiger partial charge in [0.2, 0.25) is 0 Å². The molecule has 2 aromatic rings. The van der Waals surface area contributed by atoms with E-state index in [1.54, 1.807) is 12.1 Å². The molecule has 0 aromatic heterocycles. The molecule has 0 radical (unpaired) electrons. The van der Waals surface area contributed by atoms with Crippen LogP contribution in [-0.4, -0.2) is 43.6 Å². The van der Waals surface area contributed by atoms with Crippen LogP contribution in [0.5, 0.6) is 0 Å². The van der Waals surface area contributed by atoms with Gasteiger partial charge in [0.15, 0.2) is 5.96 Å². The summed E-state index contributed by atoms with van der Waals surface area (Å²) in [4.78, 5) is 6.76. The molecule has 28 heavy (non-hydrogen) atoms. The zero-order valence-electron chi connectivity index (χ0n) is 16.4. The summed E-state index contributed by atoms with van der Waals surface area (Å²) in [5.74, 6) is 1.58. The third kappa shape index (κ3) is 4.53. The van der Waals surface area contributed by atoms with Gasteiger partial charge in [0.05, 0.1) is 13.2 Å². The van der Waals surface area contributed by atoms with E-state index < -0.39 is 0 Å². The van der Waals surface area contributed by atoms with Crippen LogP contribution in [0, 0.1) is 11.7 Å². The lowest BCUT2D eigenvalue weighted by Gasteiger charge is -2.22. The highest BCUT2D eigenvalue weighted by molar-refractivity contribution is 5.81. The van der Waals surface area contributed by atoms with Crippen molar-refractivity contribution in [3.05, 3.63) is 71.5 Å². The van der Waals surface area contributed by atoms with Crippen LogP contribution in [0.1, 0.15) is 29.9 Å². The van der Waals surface area contributed by atoms with E-state index in [9.17, 15) is 4.39 Å². The van der Waals surface area contributed by atoms with Crippen LogP contribution < -0.4 is 5.32 Å². The molecule has 1 saturated heterocycles. The lowest BCUT2D eigenvalue weighted by molar-refractivity contribution is 0.0906. The third-order valence-corrected chi connectivity index (χ3v) is 5.67. The van der Waals surface area contributed by atoms with Crippen LogP contribution in [0.2, 0.25) is 0 Å². The summed E-state index contributed by atoms with van der Waals surface area (Å²) in [6, 6.07) is 17.6. The van der Waals surface area contributed by atoms with E-state index in [0.29, 0.717) is 12.5 Å². The maximum absolute atomic E-state index is 14.0. The lowest BCUT2D eigenvalue weighted by atomic mass is 10.1. The number of nitrogens with zero attached hydrogens (tertiary/aromatic N) is 2. The first-order chi connectivity index (χ1) is 13.7. The average Bonchev–Trinajstić information content (AvgIpc) is 3.33. The average molecular weight is 381 g/mol. The Hall–Kier alpha value is -2.40. The van der Waals surface area contributed by atoms with Crippen LogP contribution in [-0.2, 0) is 11.3 Å². The molecule has 148 valence electrons. The van der Waals surface area contributed by atoms with Crippen LogP contribution in [0.3, 0.4) is 0 Å². The van der Waals surface area contributed by atoms with Crippen LogP contribution in [0.15, 0.2) is 59.6 Å². The molecule has 3 unspecified atom stereocenters. The number of benzene rings is 2. The highest BCUT2D eigenvalue weighted by Gasteiger charge is 2.41. The third-order valence-electron chi connectivity index (χ3n) is 5.67. The minimum absolute atomic E-state index is 0.108. The van der Waals surface area contributed by atoms with Gasteiger partial charge in [-0.2, -0.15) is 0 Å². The largest absolute Gasteiger partial charge is 0.376 e. The summed E-state index contributed by atoms with van der Waals surface area (Å²) in [6.07, 6.45) is 2.06. The smallest absolute Gasteiger partial charge is 0.193 e. The Balaban J connectivity index is 1.23. The van der Waals surface area contributed by atoms with Gasteiger partial charge in [0.1, 0.15) is 5.82 Å². The first kappa shape index (κ1) is 18.9. The van der Waals surface area contributed by atoms with Crippen molar-refractivity contribution in [1.82, 2.24) is 10.2 Å². The first-order valence-corrected chi connectivity index (χ1v) is 10.1. The number of guanidine groups is 1. The fourth-order valence-corrected chi connectivity index (χ4v) is 4.02. The molecule has 2 aromatic carbocycles. The summed E-state index contributed by atoms with van der Waals surface area (Å²) in [7, 11) is 1.82. The summed E-state index contributed by atoms with van der Waals surface area (Å²) in [5, 5.41) is 3.53. The number of hydrogen-bond acceptors (Lipinski definition) is 2. The van der Waals surface area contributed by atoms with Crippen LogP contribution in [0.4, 0.5) is 4.39 Å². The van der Waals surface area contributed by atoms with Gasteiger partial charge in [0.25, 0.3) is 0 Å². The molecule has 3 atom stereocenters. The summed E-state index contributed by atoms with van der Waals surface area (Å²) >= 11 is 0. The van der Waals surface area contributed by atoms with Crippen molar-refractivity contribution in [1.29, 1.82) is 0 Å². The number of aliphatic imine (C=N–C) groups is 1. The fraction of sp³-hybridized carbons (Fsp3) is 0.435. The SMILES string of the molecule is CN=C(NC1CC1c1ccccc1F)N1CCC(COCc2ccccc2)C1. The first-order valence-electron chi connectivity index (χ1n) is 10.1. The van der Waals surface area contributed by atoms with E-state index in [1.165, 1.54) is 5.56 Å². The van der Waals surface area contributed by atoms with Crippen molar-refractivity contribution in [3.63, 3.8) is 0 Å². The van der Waals surface area contributed by atoms with Crippen molar-refractivity contribution >= 4 is 5.96 Å². The summed E-state index contributed by atoms with van der Waals surface area (Å²) in [6.45, 7) is 3.36. The van der Waals surface area contributed by atoms with Gasteiger partial charge in [-0.05, 0) is 30.0 Å². The van der Waals surface area contributed by atoms with Gasteiger partial charge in [0, 0.05) is 38.0 Å². The molecular weight excluding hydrogens is 353 g/mol. The van der Waals surface area contributed by atoms with Crippen LogP contribution >= 0.6 is 0 Å². The summed E-state index contributed by atoms with van der Waals surface area (Å²) < 4.78 is 19.9. The zero-order chi connectivity index (χ0) is 19.3. The van der Waals surface area contributed by atoms with Gasteiger partial charge in [-0.25, -0.2) is 4.39 Å². The monoisotopic (exact) mass is 381 g/mol. The summed E-state index contributed by atoms with van der Waals surface area (Å²) in [5.41, 5.74) is 2.02. The molecule has 1 heterocycles. The van der Waals surface area contributed by atoms with Crippen molar-refractivity contribution in [2.24, 2.45) is 10.9 Å². The Morgan fingerprint density at radius 3 is 2.75 bits per heavy atom. The highest BCUT2D eigenvalue weighted by atomic mass is 19.1. The topological polar surface area (TPSA) is 36.9 Å². The predicted molar refractivity (Wildman–Crippen MR) is 110 cm³/mol. The maximum atomic E-state index is 14.0. The van der Waals surface area contributed by atoms with E-state index >= 15 is 0 Å². The van der Waals surface area contributed by atoms with Gasteiger partial charge in [-0.1, -0.05) is 48.5 Å². The number of nitrogens with one attached hydrogen (secondary N) is 1. The van der Waals surface area contributed by atoms with Gasteiger partial charge >= 0.3 is 0 Å². The molecule has 1 aliphatic carbocycles. The molecule has 4 rings (SSSR count). The molecule has 0 bridgehead atoms. The number of halogens is 1. The van der Waals surface area contributed by atoms with Crippen molar-refractivity contribution in [2.75, 3.05) is 26.7 Å². The Morgan fingerprint density at radius 1 is 1.18 bits per heavy atom. The second kappa shape index (κ2) is 8.74. The number of rotatable bonds is 6. The van der Waals surface area contributed by atoms with Crippen molar-refractivity contribution in [3.8, 4) is 0 Å². The minimum atomic E-state index is -0.108. The lowest BCUT2D eigenvalue weighted by Crippen LogP contribution is -2.41. The number of hydrogen-bond donors (Lipinski definition) is 1. The van der Waals surface area contributed by atoms with E-state index in [4.69, 9.17) is 4.74 Å². The Bertz CT molecular complexity index is 811. The van der Waals surface area contributed by atoms with Crippen molar-refractivity contribution < 1.29 is 9.13 Å². The van der Waals surface area contributed by atoms with E-state index in [2.05, 4.69) is 27.3 Å². The molecule has 1 aliphatic heterocycles. The highest BCUT2D eigenvalue weighted by Crippen LogP contribution is 2.42. The quantitative estimate of drug-likeness (QED) is 0.611. The second-order valence-electron chi connectivity index (χ2n) is 7.76. The normalized spacial score (nSPS) is 24.4. The second-order valence-corrected chi connectivity index (χ2v) is 7.76. The molecule has 2 fully saturated rings. The fourth-order valence-electron chi connectivity index (χ4n) is 4.02. The molecule has 2 aliphatic rings. The van der Waals surface area contributed by atoms with Crippen LogP contribution in [0.25, 0.3) is 0 Å².